The first-order valence-corrected chi connectivity index (χ1v) is 3.40. The summed E-state index contributed by atoms with van der Waals surface area (Å²) in [7, 11) is 0. The minimum Gasteiger partial charge on any atom is -0.545 e. The van der Waals surface area contributed by atoms with Crippen LogP contribution in [-0.4, -0.2) is 5.97 Å². The number of aromatic carboxylic acids is 1. The molecule has 0 saturated heterocycles. The van der Waals surface area contributed by atoms with E-state index >= 15 is 0 Å². The Labute approximate surface area is 75.8 Å². The molecule has 1 rings (SSSR count). The van der Waals surface area contributed by atoms with Gasteiger partial charge in [0, 0.05) is 0 Å². The van der Waals surface area contributed by atoms with Crippen LogP contribution >= 0.6 is 0 Å². The van der Waals surface area contributed by atoms with Gasteiger partial charge in [0.25, 0.3) is 0 Å². The highest BCUT2D eigenvalue weighted by molar-refractivity contribution is 5.85. The van der Waals surface area contributed by atoms with Crippen molar-refractivity contribution in [3.8, 4) is 0 Å². The summed E-state index contributed by atoms with van der Waals surface area (Å²) in [5, 5.41) is 10.2. The number of carbonyl (C=O) groups excluding carboxylic acids is 1. The molecule has 0 spiro atoms. The number of carboxylic acid groups (broad SMARTS) is 1. The Morgan fingerprint density at radius 3 is 2.29 bits per heavy atom. The van der Waals surface area contributed by atoms with E-state index < -0.39 is 29.1 Å². The maximum atomic E-state index is 12.6. The monoisotopic (exact) mass is 207 g/mol. The molecule has 1 aromatic carbocycles. The second-order valence-electron chi connectivity index (χ2n) is 2.48. The zero-order valence-corrected chi connectivity index (χ0v) is 6.56. The molecule has 0 radical (unpaired) electrons. The van der Waals surface area contributed by atoms with Crippen molar-refractivity contribution >= 4 is 5.97 Å². The molecule has 0 saturated carbocycles. The Bertz CT molecular complexity index is 370. The van der Waals surface area contributed by atoms with Gasteiger partial charge in [-0.05, 0) is 17.7 Å². The summed E-state index contributed by atoms with van der Waals surface area (Å²) in [5.41, 5.74) is -2.32. The Morgan fingerprint density at radius 1 is 1.29 bits per heavy atom. The van der Waals surface area contributed by atoms with Gasteiger partial charge in [-0.2, -0.15) is 13.2 Å². The quantitative estimate of drug-likeness (QED) is 0.649. The second-order valence-corrected chi connectivity index (χ2v) is 2.48. The number of hydrogen-bond acceptors (Lipinski definition) is 2. The maximum absolute atomic E-state index is 12.6. The van der Waals surface area contributed by atoms with Crippen LogP contribution in [0.15, 0.2) is 18.2 Å². The molecule has 0 heterocycles. The molecule has 0 atom stereocenters. The van der Waals surface area contributed by atoms with Gasteiger partial charge in [0.05, 0.1) is 11.5 Å². The van der Waals surface area contributed by atoms with Gasteiger partial charge in [-0.3, -0.25) is 0 Å². The van der Waals surface area contributed by atoms with Crippen LogP contribution in [0.25, 0.3) is 0 Å². The highest BCUT2D eigenvalue weighted by atomic mass is 19.4. The van der Waals surface area contributed by atoms with Crippen LogP contribution in [0.1, 0.15) is 15.9 Å². The zero-order chi connectivity index (χ0) is 10.9. The van der Waals surface area contributed by atoms with Gasteiger partial charge < -0.3 is 9.90 Å². The van der Waals surface area contributed by atoms with E-state index in [4.69, 9.17) is 0 Å². The van der Waals surface area contributed by atoms with Gasteiger partial charge in [0.1, 0.15) is 5.82 Å². The molecule has 0 aliphatic heterocycles. The van der Waals surface area contributed by atoms with Crippen molar-refractivity contribution < 1.29 is 27.5 Å². The number of carboxylic acids is 1. The predicted molar refractivity (Wildman–Crippen MR) is 35.7 cm³/mol. The fourth-order valence-corrected chi connectivity index (χ4v) is 0.869. The van der Waals surface area contributed by atoms with E-state index in [1.54, 1.807) is 0 Å². The number of halogens is 4. The second kappa shape index (κ2) is 3.28. The van der Waals surface area contributed by atoms with Gasteiger partial charge in [0.15, 0.2) is 0 Å². The topological polar surface area (TPSA) is 40.1 Å². The highest BCUT2D eigenvalue weighted by Crippen LogP contribution is 2.31. The third-order valence-electron chi connectivity index (χ3n) is 1.51. The van der Waals surface area contributed by atoms with Crippen LogP contribution in [0.2, 0.25) is 0 Å². The fourth-order valence-electron chi connectivity index (χ4n) is 0.869. The van der Waals surface area contributed by atoms with Crippen LogP contribution in [0.4, 0.5) is 17.6 Å². The number of hydrogen-bond donors (Lipinski definition) is 0. The summed E-state index contributed by atoms with van der Waals surface area (Å²) in [6.45, 7) is 0. The number of benzene rings is 1. The summed E-state index contributed by atoms with van der Waals surface area (Å²) in [6.07, 6.45) is -4.91. The molecule has 0 unspecified atom stereocenters. The number of alkyl halides is 3. The molecule has 0 fully saturated rings. The van der Waals surface area contributed by atoms with E-state index in [-0.39, 0.29) is 6.07 Å². The summed E-state index contributed by atoms with van der Waals surface area (Å²) in [6, 6.07) is 1.35. The minimum absolute atomic E-state index is 0.199. The third-order valence-corrected chi connectivity index (χ3v) is 1.51. The van der Waals surface area contributed by atoms with Crippen molar-refractivity contribution in [2.45, 2.75) is 6.18 Å². The molecule has 0 aliphatic rings. The lowest BCUT2D eigenvalue weighted by atomic mass is 10.1. The smallest absolute Gasteiger partial charge is 0.419 e. The van der Waals surface area contributed by atoms with E-state index in [0.717, 1.165) is 0 Å². The van der Waals surface area contributed by atoms with Gasteiger partial charge >= 0.3 is 6.18 Å². The fraction of sp³-hybridized carbons (Fsp3) is 0.125. The number of rotatable bonds is 1. The Morgan fingerprint density at radius 2 is 1.86 bits per heavy atom. The van der Waals surface area contributed by atoms with Crippen LogP contribution in [-0.2, 0) is 6.18 Å². The molecule has 1 aromatic rings. The number of carbonyl (C=O) groups is 1. The molecule has 0 aliphatic carbocycles. The molecule has 14 heavy (non-hydrogen) atoms. The maximum Gasteiger partial charge on any atom is 0.419 e. The molecule has 2 nitrogen and oxygen atoms in total. The van der Waals surface area contributed by atoms with Crippen molar-refractivity contribution in [3.05, 3.63) is 35.1 Å². The molecular weight excluding hydrogens is 204 g/mol. The molecule has 0 aromatic heterocycles. The van der Waals surface area contributed by atoms with Crippen molar-refractivity contribution in [2.24, 2.45) is 0 Å². The normalized spacial score (nSPS) is 11.4. The molecular formula is C8H3F4O2-. The van der Waals surface area contributed by atoms with Gasteiger partial charge in [-0.25, -0.2) is 4.39 Å². The largest absolute Gasteiger partial charge is 0.545 e. The average molecular weight is 207 g/mol. The van der Waals surface area contributed by atoms with Crippen LogP contribution in [0.3, 0.4) is 0 Å². The summed E-state index contributed by atoms with van der Waals surface area (Å²) >= 11 is 0. The Kier molecular flexibility index (Phi) is 2.46. The predicted octanol–water partition coefficient (Wildman–Crippen LogP) is 1.21. The first-order valence-electron chi connectivity index (χ1n) is 3.40. The van der Waals surface area contributed by atoms with E-state index in [0.29, 0.717) is 12.1 Å². The van der Waals surface area contributed by atoms with Crippen molar-refractivity contribution in [3.63, 3.8) is 0 Å². The Balaban J connectivity index is 3.29. The minimum atomic E-state index is -4.91. The molecule has 0 bridgehead atoms. The molecule has 0 N–H and O–H groups in total. The third kappa shape index (κ3) is 2.01. The van der Waals surface area contributed by atoms with Gasteiger partial charge in [-0.15, -0.1) is 0 Å². The van der Waals surface area contributed by atoms with Gasteiger partial charge in [0.2, 0.25) is 0 Å². The first kappa shape index (κ1) is 10.5. The summed E-state index contributed by atoms with van der Waals surface area (Å²) in [4.78, 5) is 10.2. The van der Waals surface area contributed by atoms with E-state index in [2.05, 4.69) is 0 Å². The van der Waals surface area contributed by atoms with Crippen molar-refractivity contribution in [1.82, 2.24) is 0 Å². The lowest BCUT2D eigenvalue weighted by molar-refractivity contribution is -0.255. The molecule has 0 amide bonds. The van der Waals surface area contributed by atoms with E-state index in [1.165, 1.54) is 0 Å². The van der Waals surface area contributed by atoms with Crippen LogP contribution in [0, 0.1) is 5.82 Å². The SMILES string of the molecule is O=C([O-])c1ccc(F)c(C(F)(F)F)c1. The average Bonchev–Trinajstić information content (AvgIpc) is 2.02. The summed E-state index contributed by atoms with van der Waals surface area (Å²) in [5.74, 6) is -3.29. The Hall–Kier alpha value is -1.59. The molecule has 6 heteroatoms. The first-order chi connectivity index (χ1) is 6.32. The summed E-state index contributed by atoms with van der Waals surface area (Å²) < 4.78 is 48.7. The lowest BCUT2D eigenvalue weighted by Crippen LogP contribution is -2.23. The van der Waals surface area contributed by atoms with Crippen LogP contribution in [0.5, 0.6) is 0 Å². The standard InChI is InChI=1S/C8H4F4O2/c9-6-2-1-4(7(13)14)3-5(6)8(10,11)12/h1-3H,(H,13,14)/p-1. The lowest BCUT2D eigenvalue weighted by Gasteiger charge is -2.10. The zero-order valence-electron chi connectivity index (χ0n) is 6.56. The van der Waals surface area contributed by atoms with Crippen molar-refractivity contribution in [1.29, 1.82) is 0 Å². The highest BCUT2D eigenvalue weighted by Gasteiger charge is 2.34. The van der Waals surface area contributed by atoms with E-state index in [9.17, 15) is 27.5 Å². The molecule has 76 valence electrons. The van der Waals surface area contributed by atoms with E-state index in [1.807, 2.05) is 0 Å². The van der Waals surface area contributed by atoms with Crippen LogP contribution < -0.4 is 5.11 Å². The van der Waals surface area contributed by atoms with Gasteiger partial charge in [-0.1, -0.05) is 6.07 Å². The van der Waals surface area contributed by atoms with Crippen molar-refractivity contribution in [2.75, 3.05) is 0 Å².